The van der Waals surface area contributed by atoms with E-state index in [1.807, 2.05) is 0 Å². The number of quaternary nitrogens is 2. The summed E-state index contributed by atoms with van der Waals surface area (Å²) in [5.74, 6) is 0.347. The minimum atomic E-state index is -0.509. The quantitative estimate of drug-likeness (QED) is 0.671. The molecule has 2 heterocycles. The number of piperazine rings is 1. The van der Waals surface area contributed by atoms with Gasteiger partial charge >= 0.3 is 0 Å². The molecule has 0 aliphatic carbocycles. The Morgan fingerprint density at radius 1 is 1.11 bits per heavy atom. The van der Waals surface area contributed by atoms with E-state index in [1.165, 1.54) is 33.1 Å². The average molecular weight is 406 g/mol. The zero-order valence-corrected chi connectivity index (χ0v) is 16.4. The van der Waals surface area contributed by atoms with Crippen molar-refractivity contribution in [2.45, 2.75) is 13.0 Å². The zero-order chi connectivity index (χ0) is 19.5. The van der Waals surface area contributed by atoms with Crippen LogP contribution in [0.4, 0.5) is 10.1 Å². The standard InChI is InChI=1S/C21H23ClFN3O2/c22-17-2-3-19(18(23)12-17)24-21(27)14-26-8-6-25(7-9-26)13-15-1-4-20-16(11-15)5-10-28-20/h1-4,11-12H,5-10,13-14H2,(H,24,27)/p+2. The summed E-state index contributed by atoms with van der Waals surface area (Å²) < 4.78 is 19.4. The maximum Gasteiger partial charge on any atom is 0.279 e. The highest BCUT2D eigenvalue weighted by molar-refractivity contribution is 6.30. The van der Waals surface area contributed by atoms with Gasteiger partial charge in [-0.15, -0.1) is 0 Å². The zero-order valence-electron chi connectivity index (χ0n) is 15.7. The van der Waals surface area contributed by atoms with Crippen LogP contribution in [-0.2, 0) is 17.8 Å². The van der Waals surface area contributed by atoms with E-state index >= 15 is 0 Å². The summed E-state index contributed by atoms with van der Waals surface area (Å²) in [4.78, 5) is 15.0. The molecule has 7 heteroatoms. The predicted molar refractivity (Wildman–Crippen MR) is 106 cm³/mol. The molecular weight excluding hydrogens is 381 g/mol. The second-order valence-corrected chi connectivity index (χ2v) is 8.00. The lowest BCUT2D eigenvalue weighted by molar-refractivity contribution is -1.02. The van der Waals surface area contributed by atoms with Gasteiger partial charge in [0, 0.05) is 17.0 Å². The second kappa shape index (κ2) is 8.47. The number of anilines is 1. The third kappa shape index (κ3) is 4.63. The topological polar surface area (TPSA) is 47.2 Å². The number of carbonyl (C=O) groups is 1. The Kier molecular flexibility index (Phi) is 5.80. The number of carbonyl (C=O) groups excluding carboxylic acids is 1. The molecule has 0 bridgehead atoms. The third-order valence-corrected chi connectivity index (χ3v) is 5.72. The number of hydrogen-bond acceptors (Lipinski definition) is 2. The van der Waals surface area contributed by atoms with Gasteiger partial charge in [0.2, 0.25) is 0 Å². The highest BCUT2D eigenvalue weighted by atomic mass is 35.5. The van der Waals surface area contributed by atoms with E-state index in [4.69, 9.17) is 16.3 Å². The average Bonchev–Trinajstić information content (AvgIpc) is 3.13. The SMILES string of the molecule is O=C(C[NH+]1CC[NH+](Cc2ccc3c(c2)CCO3)CC1)Nc1ccc(Cl)cc1F. The predicted octanol–water partition coefficient (Wildman–Crippen LogP) is 0.336. The van der Waals surface area contributed by atoms with Gasteiger partial charge in [0.05, 0.1) is 12.3 Å². The van der Waals surface area contributed by atoms with Crippen molar-refractivity contribution in [1.29, 1.82) is 0 Å². The summed E-state index contributed by atoms with van der Waals surface area (Å²) in [5, 5.41) is 2.96. The molecule has 2 aromatic rings. The third-order valence-electron chi connectivity index (χ3n) is 5.49. The van der Waals surface area contributed by atoms with Crippen LogP contribution in [0.2, 0.25) is 5.02 Å². The Hall–Kier alpha value is -2.15. The molecule has 1 saturated heterocycles. The lowest BCUT2D eigenvalue weighted by Crippen LogP contribution is -3.28. The first kappa shape index (κ1) is 19.2. The monoisotopic (exact) mass is 405 g/mol. The first-order chi connectivity index (χ1) is 13.6. The van der Waals surface area contributed by atoms with Crippen LogP contribution in [0.25, 0.3) is 0 Å². The molecule has 0 saturated carbocycles. The Labute approximate surface area is 169 Å². The number of halogens is 2. The van der Waals surface area contributed by atoms with Gasteiger partial charge in [0.1, 0.15) is 44.3 Å². The molecule has 2 aromatic carbocycles. The fourth-order valence-corrected chi connectivity index (χ4v) is 4.12. The van der Waals surface area contributed by atoms with Crippen molar-refractivity contribution in [2.24, 2.45) is 0 Å². The normalized spacial score (nSPS) is 21.1. The van der Waals surface area contributed by atoms with Gasteiger partial charge < -0.3 is 19.9 Å². The molecule has 148 valence electrons. The largest absolute Gasteiger partial charge is 0.493 e. The molecule has 2 aliphatic rings. The van der Waals surface area contributed by atoms with Crippen LogP contribution in [-0.4, -0.2) is 45.2 Å². The summed E-state index contributed by atoms with van der Waals surface area (Å²) in [6.07, 6.45) is 1.000. The van der Waals surface area contributed by atoms with Crippen molar-refractivity contribution >= 4 is 23.2 Å². The van der Waals surface area contributed by atoms with Crippen LogP contribution in [0, 0.1) is 5.82 Å². The van der Waals surface area contributed by atoms with Crippen molar-refractivity contribution in [3.05, 3.63) is 58.4 Å². The molecule has 0 atom stereocenters. The maximum absolute atomic E-state index is 13.8. The number of fused-ring (bicyclic) bond motifs is 1. The fraction of sp³-hybridized carbons (Fsp3) is 0.381. The van der Waals surface area contributed by atoms with Gasteiger partial charge in [0.25, 0.3) is 5.91 Å². The number of hydrogen-bond donors (Lipinski definition) is 3. The molecule has 0 unspecified atom stereocenters. The van der Waals surface area contributed by atoms with Crippen molar-refractivity contribution in [1.82, 2.24) is 0 Å². The van der Waals surface area contributed by atoms with Gasteiger partial charge in [0.15, 0.2) is 6.54 Å². The van der Waals surface area contributed by atoms with E-state index in [1.54, 1.807) is 6.07 Å². The molecule has 0 aromatic heterocycles. The van der Waals surface area contributed by atoms with Gasteiger partial charge in [-0.3, -0.25) is 4.79 Å². The van der Waals surface area contributed by atoms with E-state index in [-0.39, 0.29) is 11.6 Å². The Morgan fingerprint density at radius 2 is 1.89 bits per heavy atom. The van der Waals surface area contributed by atoms with E-state index in [2.05, 4.69) is 23.5 Å². The molecule has 0 radical (unpaired) electrons. The molecule has 3 N–H and O–H groups in total. The summed E-state index contributed by atoms with van der Waals surface area (Å²) in [7, 11) is 0. The first-order valence-corrected chi connectivity index (χ1v) is 10.1. The van der Waals surface area contributed by atoms with Crippen molar-refractivity contribution < 1.29 is 23.7 Å². The van der Waals surface area contributed by atoms with Crippen LogP contribution in [0.15, 0.2) is 36.4 Å². The van der Waals surface area contributed by atoms with Gasteiger partial charge in [-0.05, 0) is 42.0 Å². The first-order valence-electron chi connectivity index (χ1n) is 9.73. The molecule has 5 nitrogen and oxygen atoms in total. The summed E-state index contributed by atoms with van der Waals surface area (Å²) in [6, 6.07) is 10.8. The molecule has 28 heavy (non-hydrogen) atoms. The van der Waals surface area contributed by atoms with Crippen LogP contribution in [0.5, 0.6) is 5.75 Å². The Morgan fingerprint density at radius 3 is 2.68 bits per heavy atom. The molecule has 0 spiro atoms. The summed E-state index contributed by atoms with van der Waals surface area (Å²) in [6.45, 7) is 6.04. The highest BCUT2D eigenvalue weighted by Gasteiger charge is 2.25. The maximum atomic E-state index is 13.8. The number of amides is 1. The molecule has 1 fully saturated rings. The molecule has 4 rings (SSSR count). The molecule has 1 amide bonds. The van der Waals surface area contributed by atoms with Gasteiger partial charge in [-0.25, -0.2) is 4.39 Å². The minimum Gasteiger partial charge on any atom is -0.493 e. The van der Waals surface area contributed by atoms with Crippen LogP contribution >= 0.6 is 11.6 Å². The summed E-state index contributed by atoms with van der Waals surface area (Å²) in [5.41, 5.74) is 2.84. The van der Waals surface area contributed by atoms with E-state index in [0.29, 0.717) is 11.6 Å². The van der Waals surface area contributed by atoms with Crippen molar-refractivity contribution in [2.75, 3.05) is 44.6 Å². The number of benzene rings is 2. The van der Waals surface area contributed by atoms with Gasteiger partial charge in [-0.1, -0.05) is 11.6 Å². The van der Waals surface area contributed by atoms with Gasteiger partial charge in [-0.2, -0.15) is 0 Å². The number of ether oxygens (including phenoxy) is 1. The minimum absolute atomic E-state index is 0.168. The van der Waals surface area contributed by atoms with Crippen LogP contribution < -0.4 is 19.9 Å². The highest BCUT2D eigenvalue weighted by Crippen LogP contribution is 2.25. The fourth-order valence-electron chi connectivity index (χ4n) is 3.96. The molecule has 2 aliphatic heterocycles. The van der Waals surface area contributed by atoms with Crippen LogP contribution in [0.3, 0.4) is 0 Å². The van der Waals surface area contributed by atoms with Crippen molar-refractivity contribution in [3.8, 4) is 5.75 Å². The second-order valence-electron chi connectivity index (χ2n) is 7.57. The number of nitrogens with one attached hydrogen (secondary N) is 3. The van der Waals surface area contributed by atoms with E-state index in [9.17, 15) is 9.18 Å². The van der Waals surface area contributed by atoms with Crippen molar-refractivity contribution in [3.63, 3.8) is 0 Å². The Balaban J connectivity index is 1.24. The lowest BCUT2D eigenvalue weighted by atomic mass is 10.1. The van der Waals surface area contributed by atoms with Crippen LogP contribution in [0.1, 0.15) is 11.1 Å². The number of rotatable bonds is 5. The van der Waals surface area contributed by atoms with E-state index < -0.39 is 5.82 Å². The summed E-state index contributed by atoms with van der Waals surface area (Å²) >= 11 is 5.74. The Bertz CT molecular complexity index is 869. The molecular formula is C21H25ClFN3O2+2. The van der Waals surface area contributed by atoms with E-state index in [0.717, 1.165) is 51.5 Å². The smallest absolute Gasteiger partial charge is 0.279 e. The lowest BCUT2D eigenvalue weighted by Gasteiger charge is -2.29.